The lowest BCUT2D eigenvalue weighted by molar-refractivity contribution is 0.858. The van der Waals surface area contributed by atoms with Crippen molar-refractivity contribution < 1.29 is 0 Å². The van der Waals surface area contributed by atoms with E-state index in [4.69, 9.17) is 23.2 Å². The summed E-state index contributed by atoms with van der Waals surface area (Å²) in [6.45, 7) is 2.08. The second kappa shape index (κ2) is 4.56. The summed E-state index contributed by atoms with van der Waals surface area (Å²) < 4.78 is -0.995. The van der Waals surface area contributed by atoms with Crippen LogP contribution in [-0.4, -0.2) is 4.46 Å². The highest BCUT2D eigenvalue weighted by Gasteiger charge is 2.78. The molecule has 0 atom stereocenters. The lowest BCUT2D eigenvalue weighted by Gasteiger charge is -2.14. The van der Waals surface area contributed by atoms with Gasteiger partial charge in [-0.25, -0.2) is 0 Å². The van der Waals surface area contributed by atoms with Crippen LogP contribution >= 0.6 is 23.2 Å². The summed E-state index contributed by atoms with van der Waals surface area (Å²) in [4.78, 5) is 2.12. The maximum atomic E-state index is 6.89. The van der Waals surface area contributed by atoms with Gasteiger partial charge in [0, 0.05) is 5.69 Å². The van der Waals surface area contributed by atoms with Crippen LogP contribution in [0.1, 0.15) is 16.7 Å². The monoisotopic (exact) mass is 351 g/mol. The maximum absolute atomic E-state index is 6.89. The van der Waals surface area contributed by atoms with Crippen LogP contribution in [0.25, 0.3) is 11.1 Å². The van der Waals surface area contributed by atoms with Crippen molar-refractivity contribution in [1.29, 1.82) is 0 Å². The van der Waals surface area contributed by atoms with Crippen LogP contribution in [0, 0.1) is 6.92 Å². The minimum Gasteiger partial charge on any atom is -0.319 e. The Bertz CT molecular complexity index is 914. The minimum absolute atomic E-state index is 0.515. The molecular weight excluding hydrogens is 337 g/mol. The predicted molar refractivity (Wildman–Crippen MR) is 101 cm³/mol. The molecule has 2 aliphatic rings. The fourth-order valence-electron chi connectivity index (χ4n) is 4.13. The lowest BCUT2D eigenvalue weighted by atomic mass is 9.96. The van der Waals surface area contributed by atoms with Crippen LogP contribution in [0.3, 0.4) is 0 Å². The second-order valence-corrected chi connectivity index (χ2v) is 7.80. The average molecular weight is 352 g/mol. The van der Waals surface area contributed by atoms with Gasteiger partial charge in [0.05, 0.1) is 0 Å². The fraction of sp³-hybridized carbons (Fsp3) is 0.143. The summed E-state index contributed by atoms with van der Waals surface area (Å²) in [7, 11) is 0. The van der Waals surface area contributed by atoms with Crippen LogP contribution in [0.5, 0.6) is 0 Å². The first-order chi connectivity index (χ1) is 11.6. The Labute approximate surface area is 151 Å². The van der Waals surface area contributed by atoms with E-state index in [0.29, 0.717) is 0 Å². The summed E-state index contributed by atoms with van der Waals surface area (Å²) in [5.41, 5.74) is 6.53. The molecule has 0 radical (unpaired) electrons. The van der Waals surface area contributed by atoms with Crippen molar-refractivity contribution in [3.05, 3.63) is 89.5 Å². The summed E-state index contributed by atoms with van der Waals surface area (Å²) in [6, 6.07) is 25.2. The molecule has 3 aromatic carbocycles. The van der Waals surface area contributed by atoms with Crippen LogP contribution in [0.15, 0.2) is 72.8 Å². The van der Waals surface area contributed by atoms with Crippen molar-refractivity contribution in [2.75, 3.05) is 4.90 Å². The first-order valence-electron chi connectivity index (χ1n) is 8.02. The number of anilines is 1. The SMILES string of the molecule is Cc1ccc(N2C(Cl)(Cl)C23c2ccccc2-c2ccccc23)cc1. The van der Waals surface area contributed by atoms with Crippen molar-refractivity contribution in [2.45, 2.75) is 16.9 Å². The first kappa shape index (κ1) is 14.4. The highest BCUT2D eigenvalue weighted by molar-refractivity contribution is 6.55. The van der Waals surface area contributed by atoms with Crippen molar-refractivity contribution in [1.82, 2.24) is 0 Å². The Kier molecular flexibility index (Phi) is 2.73. The zero-order valence-electron chi connectivity index (χ0n) is 13.1. The van der Waals surface area contributed by atoms with Gasteiger partial charge in [-0.15, -0.1) is 0 Å². The molecule has 118 valence electrons. The summed E-state index contributed by atoms with van der Waals surface area (Å²) in [5, 5.41) is 0. The first-order valence-corrected chi connectivity index (χ1v) is 8.78. The van der Waals surface area contributed by atoms with E-state index in [1.54, 1.807) is 0 Å². The van der Waals surface area contributed by atoms with E-state index in [0.717, 1.165) is 5.69 Å². The fourth-order valence-corrected chi connectivity index (χ4v) is 5.07. The van der Waals surface area contributed by atoms with Crippen LogP contribution in [-0.2, 0) is 5.54 Å². The molecule has 0 amide bonds. The Hall–Kier alpha value is -1.96. The standard InChI is InChI=1S/C21H15Cl2N/c1-14-10-12-15(13-11-14)24-20(21(24,22)23)18-8-4-2-6-16(18)17-7-3-5-9-19(17)20/h2-13H,1H3. The third-order valence-corrected chi connectivity index (χ3v) is 6.10. The van der Waals surface area contributed by atoms with E-state index in [2.05, 4.69) is 84.6 Å². The zero-order valence-corrected chi connectivity index (χ0v) is 14.6. The van der Waals surface area contributed by atoms with Gasteiger partial charge in [0.25, 0.3) is 0 Å². The Morgan fingerprint density at radius 3 is 1.75 bits per heavy atom. The number of benzene rings is 3. The predicted octanol–water partition coefficient (Wildman–Crippen LogP) is 5.87. The maximum Gasteiger partial charge on any atom is 0.223 e. The summed E-state index contributed by atoms with van der Waals surface area (Å²) >= 11 is 13.8. The Morgan fingerprint density at radius 1 is 0.708 bits per heavy atom. The summed E-state index contributed by atoms with van der Waals surface area (Å²) in [5.74, 6) is 0. The lowest BCUT2D eigenvalue weighted by Crippen LogP contribution is -2.16. The van der Waals surface area contributed by atoms with Gasteiger partial charge in [-0.1, -0.05) is 89.4 Å². The molecule has 0 saturated carbocycles. The number of hydrogen-bond acceptors (Lipinski definition) is 1. The van der Waals surface area contributed by atoms with Crippen molar-refractivity contribution in [3.63, 3.8) is 0 Å². The average Bonchev–Trinajstić information content (AvgIpc) is 2.97. The molecule has 3 heteroatoms. The van der Waals surface area contributed by atoms with Crippen LogP contribution < -0.4 is 4.90 Å². The van der Waals surface area contributed by atoms with E-state index in [-0.39, 0.29) is 0 Å². The van der Waals surface area contributed by atoms with Crippen molar-refractivity contribution in [3.8, 4) is 11.1 Å². The number of aryl methyl sites for hydroxylation is 1. The van der Waals surface area contributed by atoms with Gasteiger partial charge in [0.15, 0.2) is 0 Å². The second-order valence-electron chi connectivity index (χ2n) is 6.51. The van der Waals surface area contributed by atoms with Gasteiger partial charge < -0.3 is 4.90 Å². The highest BCUT2D eigenvalue weighted by Crippen LogP contribution is 2.73. The largest absolute Gasteiger partial charge is 0.319 e. The van der Waals surface area contributed by atoms with Crippen LogP contribution in [0.2, 0.25) is 0 Å². The number of nitrogens with zero attached hydrogens (tertiary/aromatic N) is 1. The molecule has 1 aliphatic carbocycles. The van der Waals surface area contributed by atoms with Crippen molar-refractivity contribution >= 4 is 28.9 Å². The van der Waals surface area contributed by atoms with Gasteiger partial charge in [-0.05, 0) is 41.3 Å². The third-order valence-electron chi connectivity index (χ3n) is 5.22. The molecular formula is C21H15Cl2N. The number of fused-ring (bicyclic) bond motifs is 5. The molecule has 0 aromatic heterocycles. The van der Waals surface area contributed by atoms with Gasteiger partial charge in [-0.2, -0.15) is 0 Å². The van der Waals surface area contributed by atoms with Crippen LogP contribution in [0.4, 0.5) is 5.69 Å². The molecule has 1 fully saturated rings. The third kappa shape index (κ3) is 1.52. The van der Waals surface area contributed by atoms with E-state index in [1.807, 2.05) is 0 Å². The summed E-state index contributed by atoms with van der Waals surface area (Å²) in [6.07, 6.45) is 0. The van der Waals surface area contributed by atoms with E-state index in [9.17, 15) is 0 Å². The van der Waals surface area contributed by atoms with Gasteiger partial charge in [-0.3, -0.25) is 0 Å². The number of halogens is 2. The highest BCUT2D eigenvalue weighted by atomic mass is 35.5. The van der Waals surface area contributed by atoms with E-state index < -0.39 is 10.00 Å². The zero-order chi connectivity index (χ0) is 16.5. The van der Waals surface area contributed by atoms with Gasteiger partial charge in [0.2, 0.25) is 4.46 Å². The van der Waals surface area contributed by atoms with E-state index >= 15 is 0 Å². The molecule has 3 aromatic rings. The Balaban J connectivity index is 1.80. The molecule has 0 N–H and O–H groups in total. The number of hydrogen-bond donors (Lipinski definition) is 0. The molecule has 0 bridgehead atoms. The smallest absolute Gasteiger partial charge is 0.223 e. The minimum atomic E-state index is -0.995. The topological polar surface area (TPSA) is 3.01 Å². The number of alkyl halides is 2. The molecule has 1 heterocycles. The van der Waals surface area contributed by atoms with Gasteiger partial charge >= 0.3 is 0 Å². The Morgan fingerprint density at radius 2 is 1.21 bits per heavy atom. The van der Waals surface area contributed by atoms with E-state index in [1.165, 1.54) is 27.8 Å². The molecule has 1 nitrogen and oxygen atoms in total. The molecule has 1 saturated heterocycles. The molecule has 1 spiro atoms. The van der Waals surface area contributed by atoms with Gasteiger partial charge in [0.1, 0.15) is 5.54 Å². The quantitative estimate of drug-likeness (QED) is 0.301. The molecule has 24 heavy (non-hydrogen) atoms. The molecule has 0 unspecified atom stereocenters. The van der Waals surface area contributed by atoms with Crippen molar-refractivity contribution in [2.24, 2.45) is 0 Å². The molecule has 5 rings (SSSR count). The molecule has 1 aliphatic heterocycles. The normalized spacial score (nSPS) is 18.4. The number of rotatable bonds is 1.